The molecule has 0 amide bonds. The SMILES string of the molecule is N#CNc1ccc(N)nc1. The van der Waals surface area contributed by atoms with E-state index in [4.69, 9.17) is 11.0 Å². The first-order valence-corrected chi connectivity index (χ1v) is 2.69. The Morgan fingerprint density at radius 1 is 1.60 bits per heavy atom. The molecule has 0 saturated carbocycles. The fourth-order valence-corrected chi connectivity index (χ4v) is 0.544. The predicted molar refractivity (Wildman–Crippen MR) is 37.9 cm³/mol. The molecule has 4 nitrogen and oxygen atoms in total. The van der Waals surface area contributed by atoms with Crippen LogP contribution in [0.15, 0.2) is 18.3 Å². The summed E-state index contributed by atoms with van der Waals surface area (Å²) < 4.78 is 0. The Balaban J connectivity index is 2.81. The molecule has 0 unspecified atom stereocenters. The zero-order valence-electron chi connectivity index (χ0n) is 5.20. The van der Waals surface area contributed by atoms with Crippen molar-refractivity contribution in [3.8, 4) is 6.19 Å². The Hall–Kier alpha value is -1.76. The van der Waals surface area contributed by atoms with Crippen LogP contribution in [0.5, 0.6) is 0 Å². The van der Waals surface area contributed by atoms with Crippen molar-refractivity contribution in [2.75, 3.05) is 11.1 Å². The first kappa shape index (κ1) is 6.36. The minimum atomic E-state index is 0.448. The Labute approximate surface area is 58.3 Å². The number of nitriles is 1. The molecule has 0 aliphatic heterocycles. The van der Waals surface area contributed by atoms with Crippen LogP contribution < -0.4 is 11.1 Å². The molecule has 50 valence electrons. The lowest BCUT2D eigenvalue weighted by atomic mass is 10.4. The average Bonchev–Trinajstić information content (AvgIpc) is 1.95. The van der Waals surface area contributed by atoms with Crippen LogP contribution in [0.4, 0.5) is 11.5 Å². The summed E-state index contributed by atoms with van der Waals surface area (Å²) in [6.07, 6.45) is 3.27. The molecule has 0 fully saturated rings. The van der Waals surface area contributed by atoms with Crippen LogP contribution in [0.2, 0.25) is 0 Å². The highest BCUT2D eigenvalue weighted by Gasteiger charge is 1.88. The van der Waals surface area contributed by atoms with Gasteiger partial charge in [-0.15, -0.1) is 0 Å². The van der Waals surface area contributed by atoms with E-state index in [1.807, 2.05) is 0 Å². The summed E-state index contributed by atoms with van der Waals surface area (Å²) in [5.74, 6) is 0.448. The monoisotopic (exact) mass is 134 g/mol. The molecule has 3 N–H and O–H groups in total. The second kappa shape index (κ2) is 2.69. The highest BCUT2D eigenvalue weighted by molar-refractivity contribution is 5.47. The van der Waals surface area contributed by atoms with Gasteiger partial charge < -0.3 is 5.73 Å². The van der Waals surface area contributed by atoms with Crippen molar-refractivity contribution >= 4 is 11.5 Å². The van der Waals surface area contributed by atoms with Gasteiger partial charge in [-0.3, -0.25) is 5.32 Å². The maximum Gasteiger partial charge on any atom is 0.181 e. The van der Waals surface area contributed by atoms with Gasteiger partial charge in [0.05, 0.1) is 11.9 Å². The van der Waals surface area contributed by atoms with Crippen molar-refractivity contribution in [3.63, 3.8) is 0 Å². The van der Waals surface area contributed by atoms with E-state index in [0.29, 0.717) is 11.5 Å². The zero-order valence-corrected chi connectivity index (χ0v) is 5.20. The molecule has 0 aliphatic rings. The van der Waals surface area contributed by atoms with Crippen LogP contribution in [0, 0.1) is 11.5 Å². The number of aromatic nitrogens is 1. The summed E-state index contributed by atoms with van der Waals surface area (Å²) >= 11 is 0. The molecule has 1 aromatic rings. The third kappa shape index (κ3) is 1.36. The summed E-state index contributed by atoms with van der Waals surface area (Å²) in [5, 5.41) is 10.6. The van der Waals surface area contributed by atoms with E-state index in [0.717, 1.165) is 0 Å². The zero-order chi connectivity index (χ0) is 7.40. The Morgan fingerprint density at radius 3 is 2.90 bits per heavy atom. The van der Waals surface area contributed by atoms with Gasteiger partial charge in [0, 0.05) is 0 Å². The molecule has 0 saturated heterocycles. The molecule has 4 heteroatoms. The minimum Gasteiger partial charge on any atom is -0.384 e. The molecule has 0 atom stereocenters. The molecule has 10 heavy (non-hydrogen) atoms. The van der Waals surface area contributed by atoms with Gasteiger partial charge >= 0.3 is 0 Å². The van der Waals surface area contributed by atoms with Crippen LogP contribution in [0.3, 0.4) is 0 Å². The quantitative estimate of drug-likeness (QED) is 0.434. The van der Waals surface area contributed by atoms with Crippen molar-refractivity contribution in [3.05, 3.63) is 18.3 Å². The molecule has 1 rings (SSSR count). The molecule has 0 aromatic carbocycles. The second-order valence-electron chi connectivity index (χ2n) is 1.71. The Bertz CT molecular complexity index is 245. The third-order valence-corrected chi connectivity index (χ3v) is 0.987. The molecule has 0 radical (unpaired) electrons. The summed E-state index contributed by atoms with van der Waals surface area (Å²) in [6.45, 7) is 0. The van der Waals surface area contributed by atoms with Gasteiger partial charge in [0.1, 0.15) is 5.82 Å². The number of anilines is 2. The number of pyridine rings is 1. The molecule has 0 aliphatic carbocycles. The number of hydrogen-bond donors (Lipinski definition) is 2. The third-order valence-electron chi connectivity index (χ3n) is 0.987. The van der Waals surface area contributed by atoms with E-state index in [2.05, 4.69) is 10.3 Å². The minimum absolute atomic E-state index is 0.448. The van der Waals surface area contributed by atoms with Gasteiger partial charge in [-0.25, -0.2) is 4.98 Å². The standard InChI is InChI=1S/C6H6N4/c7-4-10-5-1-2-6(8)9-3-5/h1-3,10H,(H2,8,9). The smallest absolute Gasteiger partial charge is 0.181 e. The van der Waals surface area contributed by atoms with Gasteiger partial charge in [-0.2, -0.15) is 5.26 Å². The normalized spacial score (nSPS) is 8.30. The number of nitrogens with zero attached hydrogens (tertiary/aromatic N) is 2. The van der Waals surface area contributed by atoms with E-state index >= 15 is 0 Å². The fraction of sp³-hybridized carbons (Fsp3) is 0. The van der Waals surface area contributed by atoms with E-state index < -0.39 is 0 Å². The molecule has 0 bridgehead atoms. The topological polar surface area (TPSA) is 74.7 Å². The largest absolute Gasteiger partial charge is 0.384 e. The number of nitrogens with one attached hydrogen (secondary N) is 1. The summed E-state index contributed by atoms with van der Waals surface area (Å²) in [7, 11) is 0. The maximum atomic E-state index is 8.17. The fourth-order valence-electron chi connectivity index (χ4n) is 0.544. The molecule has 0 spiro atoms. The van der Waals surface area contributed by atoms with Gasteiger partial charge in [0.25, 0.3) is 0 Å². The first-order valence-electron chi connectivity index (χ1n) is 2.69. The average molecular weight is 134 g/mol. The van der Waals surface area contributed by atoms with Crippen molar-refractivity contribution in [1.82, 2.24) is 4.98 Å². The summed E-state index contributed by atoms with van der Waals surface area (Å²) in [5.41, 5.74) is 5.95. The summed E-state index contributed by atoms with van der Waals surface area (Å²) in [6, 6.07) is 3.31. The van der Waals surface area contributed by atoms with Crippen molar-refractivity contribution in [2.45, 2.75) is 0 Å². The van der Waals surface area contributed by atoms with Gasteiger partial charge in [-0.05, 0) is 12.1 Å². The van der Waals surface area contributed by atoms with Crippen LogP contribution >= 0.6 is 0 Å². The Morgan fingerprint density at radius 2 is 2.40 bits per heavy atom. The van der Waals surface area contributed by atoms with Gasteiger partial charge in [0.15, 0.2) is 6.19 Å². The van der Waals surface area contributed by atoms with Crippen LogP contribution in [-0.4, -0.2) is 4.98 Å². The molecule has 1 heterocycles. The molecular formula is C6H6N4. The van der Waals surface area contributed by atoms with E-state index in [9.17, 15) is 0 Å². The van der Waals surface area contributed by atoms with Crippen LogP contribution in [-0.2, 0) is 0 Å². The molecular weight excluding hydrogens is 128 g/mol. The van der Waals surface area contributed by atoms with E-state index in [1.54, 1.807) is 18.3 Å². The number of nitrogens with two attached hydrogens (primary N) is 1. The first-order chi connectivity index (χ1) is 4.83. The maximum absolute atomic E-state index is 8.17. The summed E-state index contributed by atoms with van der Waals surface area (Å²) in [4.78, 5) is 3.76. The van der Waals surface area contributed by atoms with Gasteiger partial charge in [0.2, 0.25) is 0 Å². The second-order valence-corrected chi connectivity index (χ2v) is 1.71. The lowest BCUT2D eigenvalue weighted by Crippen LogP contribution is -1.91. The number of rotatable bonds is 1. The van der Waals surface area contributed by atoms with Crippen LogP contribution in [0.25, 0.3) is 0 Å². The van der Waals surface area contributed by atoms with Crippen molar-refractivity contribution < 1.29 is 0 Å². The Kier molecular flexibility index (Phi) is 1.71. The number of hydrogen-bond acceptors (Lipinski definition) is 4. The van der Waals surface area contributed by atoms with Crippen molar-refractivity contribution in [2.24, 2.45) is 0 Å². The van der Waals surface area contributed by atoms with Crippen molar-refractivity contribution in [1.29, 1.82) is 5.26 Å². The highest BCUT2D eigenvalue weighted by Crippen LogP contribution is 2.04. The van der Waals surface area contributed by atoms with E-state index in [-0.39, 0.29) is 0 Å². The van der Waals surface area contributed by atoms with Gasteiger partial charge in [-0.1, -0.05) is 0 Å². The predicted octanol–water partition coefficient (Wildman–Crippen LogP) is 0.557. The molecule has 1 aromatic heterocycles. The highest BCUT2D eigenvalue weighted by atomic mass is 14.9. The van der Waals surface area contributed by atoms with E-state index in [1.165, 1.54) is 6.20 Å². The number of nitrogen functional groups attached to an aromatic ring is 1. The lowest BCUT2D eigenvalue weighted by Gasteiger charge is -1.94. The lowest BCUT2D eigenvalue weighted by molar-refractivity contribution is 1.33. The van der Waals surface area contributed by atoms with Crippen LogP contribution in [0.1, 0.15) is 0 Å².